The van der Waals surface area contributed by atoms with Gasteiger partial charge in [-0.25, -0.2) is 9.59 Å². The van der Waals surface area contributed by atoms with Crippen LogP contribution in [0, 0.1) is 0 Å². The number of carboxylic acids is 2. The number of hydrogen-bond donors (Lipinski definition) is 2. The minimum Gasteiger partial charge on any atom is -0.478 e. The number of aliphatic carboxylic acids is 2. The minimum absolute atomic E-state index is 0. The molecule has 0 atom stereocenters. The van der Waals surface area contributed by atoms with Crippen molar-refractivity contribution in [3.8, 4) is 0 Å². The van der Waals surface area contributed by atoms with Gasteiger partial charge in [-0.05, 0) is 13.8 Å². The first kappa shape index (κ1) is 32.5. The Morgan fingerprint density at radius 3 is 1.24 bits per heavy atom. The van der Waals surface area contributed by atoms with Gasteiger partial charge in [0.1, 0.15) is 0 Å². The van der Waals surface area contributed by atoms with E-state index in [0.29, 0.717) is 0 Å². The monoisotopic (exact) mass is 606 g/mol. The molecule has 0 aromatic heterocycles. The van der Waals surface area contributed by atoms with Gasteiger partial charge in [0.2, 0.25) is 0 Å². The largest absolute Gasteiger partial charge is 2.00 e. The van der Waals surface area contributed by atoms with E-state index in [1.165, 1.54) is 67.3 Å². The Morgan fingerprint density at radius 2 is 0.905 bits per heavy atom. The molecule has 6 rings (SSSR count). The Hall–Kier alpha value is -4.03. The molecule has 0 aliphatic rings. The van der Waals surface area contributed by atoms with Crippen molar-refractivity contribution in [3.63, 3.8) is 0 Å². The number of carbonyl (C=O) groups is 2. The van der Waals surface area contributed by atoms with Crippen LogP contribution >= 0.6 is 0 Å². The van der Waals surface area contributed by atoms with E-state index in [1.54, 1.807) is 0 Å². The molecule has 0 saturated heterocycles. The summed E-state index contributed by atoms with van der Waals surface area (Å²) in [6.45, 7) is 14.2. The molecule has 0 amide bonds. The summed E-state index contributed by atoms with van der Waals surface area (Å²) < 4.78 is 0. The molecule has 210 valence electrons. The Balaban J connectivity index is 0.000000318. The van der Waals surface area contributed by atoms with Gasteiger partial charge >= 0.3 is 33.7 Å². The molecule has 6 heteroatoms. The van der Waals surface area contributed by atoms with Gasteiger partial charge in [0.25, 0.3) is 0 Å². The predicted molar refractivity (Wildman–Crippen MR) is 176 cm³/mol. The van der Waals surface area contributed by atoms with Crippen molar-refractivity contribution in [3.05, 3.63) is 121 Å². The second-order valence-electron chi connectivity index (χ2n) is 10.8. The quantitative estimate of drug-likeness (QED) is 0.122. The fourth-order valence-electron chi connectivity index (χ4n) is 5.19. The van der Waals surface area contributed by atoms with Crippen molar-refractivity contribution < 1.29 is 41.5 Å². The zero-order valence-corrected chi connectivity index (χ0v) is 26.9. The number of fused-ring (bicyclic) bond motifs is 6. The average molecular weight is 607 g/mol. The van der Waals surface area contributed by atoms with E-state index in [2.05, 4.69) is 123 Å². The van der Waals surface area contributed by atoms with Gasteiger partial charge in [0.15, 0.2) is 0 Å². The van der Waals surface area contributed by atoms with Gasteiger partial charge in [0.05, 0.1) is 0 Å². The molecular weight excluding hydrogens is 572 g/mol. The number of hydrogen-bond acceptors (Lipinski definition) is 2. The molecule has 42 heavy (non-hydrogen) atoms. The van der Waals surface area contributed by atoms with Gasteiger partial charge in [-0.1, -0.05) is 99.0 Å². The summed E-state index contributed by atoms with van der Waals surface area (Å²) in [6.07, 6.45) is 0. The third kappa shape index (κ3) is 6.55. The van der Waals surface area contributed by atoms with Crippen LogP contribution in [0.25, 0.3) is 43.1 Å². The summed E-state index contributed by atoms with van der Waals surface area (Å²) in [7, 11) is -1.91. The molecular formula is C36H34O4SiTi. The van der Waals surface area contributed by atoms with Crippen LogP contribution in [0.1, 0.15) is 13.8 Å². The molecule has 2 N–H and O–H groups in total. The maximum Gasteiger partial charge on any atom is 2.00 e. The first-order chi connectivity index (χ1) is 19.4. The topological polar surface area (TPSA) is 74.6 Å². The fourth-order valence-corrected chi connectivity index (χ4v) is 8.27. The zero-order chi connectivity index (χ0) is 29.9. The van der Waals surface area contributed by atoms with E-state index in [-0.39, 0.29) is 32.9 Å². The van der Waals surface area contributed by atoms with Crippen LogP contribution in [0.5, 0.6) is 0 Å². The molecule has 0 aliphatic heterocycles. The number of carboxylic acid groups (broad SMARTS) is 2. The van der Waals surface area contributed by atoms with E-state index in [9.17, 15) is 9.59 Å². The van der Waals surface area contributed by atoms with Crippen LogP contribution in [0.4, 0.5) is 0 Å². The van der Waals surface area contributed by atoms with Crippen LogP contribution in [0.15, 0.2) is 121 Å². The van der Waals surface area contributed by atoms with Gasteiger partial charge < -0.3 is 10.2 Å². The Labute approximate surface area is 262 Å². The molecule has 4 nitrogen and oxygen atoms in total. The van der Waals surface area contributed by atoms with E-state index < -0.39 is 20.0 Å². The summed E-state index contributed by atoms with van der Waals surface area (Å²) in [4.78, 5) is 19.2. The van der Waals surface area contributed by atoms with Crippen LogP contribution in [0.2, 0.25) is 13.1 Å². The van der Waals surface area contributed by atoms with Crippen molar-refractivity contribution in [2.75, 3.05) is 0 Å². The molecule has 6 aromatic carbocycles. The molecule has 0 spiro atoms. The van der Waals surface area contributed by atoms with Gasteiger partial charge in [-0.2, -0.15) is 0 Å². The average Bonchev–Trinajstić information content (AvgIpc) is 3.52. The van der Waals surface area contributed by atoms with Crippen LogP contribution in [-0.2, 0) is 31.3 Å². The number of rotatable bonds is 4. The normalized spacial score (nSPS) is 10.8. The molecule has 0 radical (unpaired) electrons. The van der Waals surface area contributed by atoms with Crippen molar-refractivity contribution in [2.45, 2.75) is 26.9 Å². The van der Waals surface area contributed by atoms with E-state index >= 15 is 0 Å². The third-order valence-electron chi connectivity index (χ3n) is 7.39. The second kappa shape index (κ2) is 13.3. The van der Waals surface area contributed by atoms with E-state index in [4.69, 9.17) is 10.2 Å². The standard InChI is InChI=1S/C28H22Si.2C4H6O2.Ti/c1-29(2,27-15-7-13-23-21-11-5-3-9-19(21)17-25(23)27)28-16-8-14-24-22-12-6-4-10-20(22)18-26(24)28;2*1-3(2)4(5)6;/h3-18H,1-2H3;2*1H2,2H3,(H,5,6);/q-2;;;+2. The van der Waals surface area contributed by atoms with Crippen molar-refractivity contribution in [1.29, 1.82) is 0 Å². The summed E-state index contributed by atoms with van der Waals surface area (Å²) in [5, 5.41) is 29.9. The molecule has 0 saturated carbocycles. The Morgan fingerprint density at radius 1 is 0.595 bits per heavy atom. The molecule has 0 fully saturated rings. The maximum atomic E-state index is 9.60. The number of benzene rings is 4. The summed E-state index contributed by atoms with van der Waals surface area (Å²) in [5.74, 6) is -1.87. The summed E-state index contributed by atoms with van der Waals surface area (Å²) in [5.41, 5.74) is 0.352. The van der Waals surface area contributed by atoms with E-state index in [0.717, 1.165) is 0 Å². The van der Waals surface area contributed by atoms with Crippen molar-refractivity contribution in [2.24, 2.45) is 0 Å². The minimum atomic E-state index is -1.91. The Kier molecular flexibility index (Phi) is 10.3. The second-order valence-corrected chi connectivity index (χ2v) is 15.1. The van der Waals surface area contributed by atoms with Crippen LogP contribution in [-0.4, -0.2) is 30.2 Å². The maximum absolute atomic E-state index is 9.60. The predicted octanol–water partition coefficient (Wildman–Crippen LogP) is 7.85. The van der Waals surface area contributed by atoms with Crippen molar-refractivity contribution >= 4 is 73.5 Å². The van der Waals surface area contributed by atoms with Gasteiger partial charge in [0, 0.05) is 19.2 Å². The Bertz CT molecular complexity index is 1780. The van der Waals surface area contributed by atoms with Crippen molar-refractivity contribution in [1.82, 2.24) is 0 Å². The molecule has 0 unspecified atom stereocenters. The fraction of sp³-hybridized carbons (Fsp3) is 0.111. The molecule has 0 heterocycles. The van der Waals surface area contributed by atoms with E-state index in [1.807, 2.05) is 0 Å². The first-order valence-electron chi connectivity index (χ1n) is 13.4. The molecule has 6 aromatic rings. The molecule has 0 aliphatic carbocycles. The van der Waals surface area contributed by atoms with Gasteiger partial charge in [-0.15, -0.1) is 77.7 Å². The summed E-state index contributed by atoms with van der Waals surface area (Å²) >= 11 is 0. The zero-order valence-electron chi connectivity index (χ0n) is 24.4. The van der Waals surface area contributed by atoms with Gasteiger partial charge in [-0.3, -0.25) is 0 Å². The van der Waals surface area contributed by atoms with Crippen LogP contribution < -0.4 is 10.4 Å². The SMILES string of the molecule is C=C(C)C(=O)O.C=C(C)C(=O)O.C[Si](C)(c1cccc2c1[cH-]c1ccccc12)c1cccc2c1[cH-]c1ccccc12.[Ti+2]. The summed E-state index contributed by atoms with van der Waals surface area (Å²) in [6, 6.07) is 36.1. The van der Waals surface area contributed by atoms with Crippen LogP contribution in [0.3, 0.4) is 0 Å². The smallest absolute Gasteiger partial charge is 0.478 e. The third-order valence-corrected chi connectivity index (χ3v) is 11.0. The first-order valence-corrected chi connectivity index (χ1v) is 16.4. The molecule has 0 bridgehead atoms.